The molecule has 2 heteroatoms. The Labute approximate surface area is 41.7 Å². The summed E-state index contributed by atoms with van der Waals surface area (Å²) >= 11 is -0.823. The number of hydrogen-bond donors (Lipinski definition) is 0. The van der Waals surface area contributed by atoms with Crippen LogP contribution in [0.4, 0.5) is 0 Å². The first-order valence-corrected chi connectivity index (χ1v) is 3.41. The topological polar surface area (TPSA) is 17.1 Å². The van der Waals surface area contributed by atoms with Crippen LogP contribution in [0.2, 0.25) is 0 Å². The van der Waals surface area contributed by atoms with Crippen LogP contribution >= 0.6 is 21.2 Å². The van der Waals surface area contributed by atoms with E-state index in [1.807, 2.05) is 6.92 Å². The Morgan fingerprint density at radius 3 is 2.40 bits per heavy atom. The minimum absolute atomic E-state index is 0.823. The van der Waals surface area contributed by atoms with Crippen molar-refractivity contribution in [3.8, 4) is 0 Å². The van der Waals surface area contributed by atoms with E-state index in [9.17, 15) is 3.07 Å². The molecule has 0 N–H and O–H groups in total. The second-order valence-electron chi connectivity index (χ2n) is 0.548. The van der Waals surface area contributed by atoms with Crippen molar-refractivity contribution in [3.63, 3.8) is 0 Å². The molecule has 5 heavy (non-hydrogen) atoms. The van der Waals surface area contributed by atoms with E-state index in [-0.39, 0.29) is 0 Å². The predicted octanol–water partition coefficient (Wildman–Crippen LogP) is 1.84. The average Bonchev–Trinajstić information content (AvgIpc) is 1.41. The van der Waals surface area contributed by atoms with Gasteiger partial charge in [-0.2, -0.15) is 0 Å². The summed E-state index contributed by atoms with van der Waals surface area (Å²) < 4.78 is 11.2. The summed E-state index contributed by atoms with van der Waals surface area (Å²) in [5.41, 5.74) is 0. The van der Waals surface area contributed by atoms with Gasteiger partial charge in [0, 0.05) is 4.08 Å². The van der Waals surface area contributed by atoms with Gasteiger partial charge < -0.3 is 0 Å². The number of hydrogen-bond acceptors (Lipinski definition) is 1. The lowest BCUT2D eigenvalue weighted by Gasteiger charge is -1.49. The number of halogens is 1. The molecular formula is C3H5IO. The first kappa shape index (κ1) is 5.27. The van der Waals surface area contributed by atoms with Crippen LogP contribution in [0.5, 0.6) is 0 Å². The molecule has 0 heterocycles. The summed E-state index contributed by atoms with van der Waals surface area (Å²) in [6.45, 7) is 1.86. The van der Waals surface area contributed by atoms with E-state index in [2.05, 4.69) is 0 Å². The summed E-state index contributed by atoms with van der Waals surface area (Å²) in [6, 6.07) is 0. The van der Waals surface area contributed by atoms with E-state index in [0.717, 1.165) is 0 Å². The van der Waals surface area contributed by atoms with E-state index < -0.39 is 21.2 Å². The molecule has 0 atom stereocenters. The van der Waals surface area contributed by atoms with E-state index in [4.69, 9.17) is 0 Å². The lowest BCUT2D eigenvalue weighted by molar-refractivity contribution is 0.648. The SMILES string of the molecule is C/C=C/I=O. The largest absolute Gasteiger partial charge is 0.266 e. The van der Waals surface area contributed by atoms with Crippen molar-refractivity contribution in [3.05, 3.63) is 10.2 Å². The van der Waals surface area contributed by atoms with Gasteiger partial charge in [-0.3, -0.25) is 3.07 Å². The van der Waals surface area contributed by atoms with Crippen LogP contribution in [0.3, 0.4) is 0 Å². The van der Waals surface area contributed by atoms with Crippen LogP contribution in [-0.4, -0.2) is 0 Å². The van der Waals surface area contributed by atoms with Crippen LogP contribution in [0.15, 0.2) is 10.2 Å². The summed E-state index contributed by atoms with van der Waals surface area (Å²) in [5.74, 6) is 0. The van der Waals surface area contributed by atoms with Crippen molar-refractivity contribution in [2.75, 3.05) is 0 Å². The van der Waals surface area contributed by atoms with E-state index in [1.165, 1.54) is 0 Å². The third kappa shape index (κ3) is 4.27. The van der Waals surface area contributed by atoms with Crippen LogP contribution in [-0.2, 0) is 3.07 Å². The normalized spacial score (nSPS) is 9.80. The maximum absolute atomic E-state index is 9.55. The van der Waals surface area contributed by atoms with Crippen molar-refractivity contribution >= 4 is 21.2 Å². The minimum atomic E-state index is -0.823. The zero-order valence-corrected chi connectivity index (χ0v) is 5.10. The van der Waals surface area contributed by atoms with Crippen molar-refractivity contribution in [1.29, 1.82) is 0 Å². The summed E-state index contributed by atoms with van der Waals surface area (Å²) in [5, 5.41) is 0. The second-order valence-corrected chi connectivity index (χ2v) is 1.78. The molecule has 0 spiro atoms. The standard InChI is InChI=1S/C3H5IO/c1-2-3-4-5/h2-3H,1H3/b3-2+. The highest BCUT2D eigenvalue weighted by atomic mass is 127. The molecule has 0 bridgehead atoms. The third-order valence-electron chi connectivity index (χ3n) is 0.177. The molecule has 1 nitrogen and oxygen atoms in total. The molecule has 0 fully saturated rings. The van der Waals surface area contributed by atoms with Crippen LogP contribution in [0, 0.1) is 0 Å². The second kappa shape index (κ2) is 4.27. The minimum Gasteiger partial charge on any atom is -0.266 e. The van der Waals surface area contributed by atoms with Crippen molar-refractivity contribution in [2.24, 2.45) is 0 Å². The van der Waals surface area contributed by atoms with E-state index >= 15 is 0 Å². The van der Waals surface area contributed by atoms with Gasteiger partial charge in [0.05, 0.1) is 0 Å². The highest BCUT2D eigenvalue weighted by Crippen LogP contribution is 1.90. The van der Waals surface area contributed by atoms with Gasteiger partial charge in [0.25, 0.3) is 0 Å². The van der Waals surface area contributed by atoms with E-state index in [0.29, 0.717) is 0 Å². The molecule has 0 saturated carbocycles. The molecule has 0 aromatic carbocycles. The predicted molar refractivity (Wildman–Crippen MR) is 29.5 cm³/mol. The van der Waals surface area contributed by atoms with Gasteiger partial charge in [-0.15, -0.1) is 0 Å². The molecule has 0 aliphatic rings. The van der Waals surface area contributed by atoms with Crippen LogP contribution in [0.1, 0.15) is 6.92 Å². The summed E-state index contributed by atoms with van der Waals surface area (Å²) in [7, 11) is 0. The molecule has 30 valence electrons. The van der Waals surface area contributed by atoms with Crippen molar-refractivity contribution < 1.29 is 3.07 Å². The van der Waals surface area contributed by atoms with Gasteiger partial charge in [0.1, 0.15) is 0 Å². The number of rotatable bonds is 1. The highest BCUT2D eigenvalue weighted by molar-refractivity contribution is 14.2. The van der Waals surface area contributed by atoms with E-state index in [1.54, 1.807) is 10.2 Å². The smallest absolute Gasteiger partial charge is 0.173 e. The average molecular weight is 184 g/mol. The quantitative estimate of drug-likeness (QED) is 0.568. The molecule has 0 radical (unpaired) electrons. The maximum atomic E-state index is 9.55. The summed E-state index contributed by atoms with van der Waals surface area (Å²) in [4.78, 5) is 0. The lowest BCUT2D eigenvalue weighted by atomic mass is 10.8. The highest BCUT2D eigenvalue weighted by Gasteiger charge is 1.50. The Hall–Kier alpha value is 0.270. The molecule has 0 aromatic rings. The zero-order valence-electron chi connectivity index (χ0n) is 2.94. The van der Waals surface area contributed by atoms with Gasteiger partial charge in [0.2, 0.25) is 0 Å². The Morgan fingerprint density at radius 1 is 1.80 bits per heavy atom. The molecule has 0 aromatic heterocycles. The third-order valence-corrected chi connectivity index (χ3v) is 1.19. The monoisotopic (exact) mass is 184 g/mol. The fraction of sp³-hybridized carbons (Fsp3) is 0.333. The fourth-order valence-corrected chi connectivity index (χ4v) is 0.345. The lowest BCUT2D eigenvalue weighted by Crippen LogP contribution is -1.22. The Morgan fingerprint density at radius 2 is 2.40 bits per heavy atom. The summed E-state index contributed by atoms with van der Waals surface area (Å²) in [6.07, 6.45) is 1.79. The van der Waals surface area contributed by atoms with Gasteiger partial charge in [0.15, 0.2) is 21.2 Å². The van der Waals surface area contributed by atoms with Gasteiger partial charge in [-0.1, -0.05) is 6.08 Å². The fourth-order valence-electron chi connectivity index (χ4n) is 0.0514. The molecule has 0 rings (SSSR count). The molecule has 0 amide bonds. The molecule has 0 unspecified atom stereocenters. The molecule has 0 aliphatic carbocycles. The van der Waals surface area contributed by atoms with Crippen LogP contribution < -0.4 is 0 Å². The van der Waals surface area contributed by atoms with Crippen LogP contribution in [0.25, 0.3) is 0 Å². The Kier molecular flexibility index (Phi) is 4.50. The van der Waals surface area contributed by atoms with Gasteiger partial charge in [-0.05, 0) is 6.92 Å². The zero-order chi connectivity index (χ0) is 4.12. The van der Waals surface area contributed by atoms with Gasteiger partial charge in [-0.25, -0.2) is 0 Å². The first-order valence-electron chi connectivity index (χ1n) is 1.28. The first-order chi connectivity index (χ1) is 2.41. The van der Waals surface area contributed by atoms with Crippen molar-refractivity contribution in [1.82, 2.24) is 0 Å². The molecular weight excluding hydrogens is 179 g/mol. The van der Waals surface area contributed by atoms with Crippen molar-refractivity contribution in [2.45, 2.75) is 6.92 Å². The molecule has 0 saturated heterocycles. The number of allylic oxidation sites excluding steroid dienone is 1. The Bertz CT molecular complexity index is 48.9. The Balaban J connectivity index is 2.92. The maximum Gasteiger partial charge on any atom is 0.173 e. The molecule has 0 aliphatic heterocycles. The van der Waals surface area contributed by atoms with Gasteiger partial charge >= 0.3 is 0 Å².